The van der Waals surface area contributed by atoms with E-state index in [9.17, 15) is 5.11 Å². The first-order chi connectivity index (χ1) is 10.3. The summed E-state index contributed by atoms with van der Waals surface area (Å²) < 4.78 is 6.61. The van der Waals surface area contributed by atoms with E-state index in [1.54, 1.807) is 0 Å². The van der Waals surface area contributed by atoms with E-state index in [0.717, 1.165) is 0 Å². The number of benzene rings is 1. The minimum absolute atomic E-state index is 0.0160. The van der Waals surface area contributed by atoms with Crippen molar-refractivity contribution in [3.8, 4) is 0 Å². The summed E-state index contributed by atoms with van der Waals surface area (Å²) in [5, 5.41) is 11.0. The second-order valence-corrected chi connectivity index (χ2v) is 7.67. The molecule has 112 valence electrons. The van der Waals surface area contributed by atoms with Gasteiger partial charge in [-0.2, -0.15) is 0 Å². The van der Waals surface area contributed by atoms with Crippen LogP contribution in [0.5, 0.6) is 0 Å². The molecule has 1 N–H and O–H groups in total. The number of fused-ring (bicyclic) bond motifs is 2. The first kappa shape index (κ1) is 12.7. The van der Waals surface area contributed by atoms with Crippen LogP contribution in [-0.4, -0.2) is 22.4 Å². The summed E-state index contributed by atoms with van der Waals surface area (Å²) in [4.78, 5) is 0. The highest BCUT2D eigenvalue weighted by molar-refractivity contribution is 5.38. The molecule has 0 unspecified atom stereocenters. The molecule has 2 bridgehead atoms. The van der Waals surface area contributed by atoms with Crippen molar-refractivity contribution in [1.29, 1.82) is 0 Å². The quantitative estimate of drug-likeness (QED) is 0.799. The van der Waals surface area contributed by atoms with Gasteiger partial charge >= 0.3 is 0 Å². The Morgan fingerprint density at radius 2 is 1.71 bits per heavy atom. The lowest BCUT2D eigenvalue weighted by atomic mass is 9.51. The van der Waals surface area contributed by atoms with Crippen molar-refractivity contribution >= 4 is 0 Å². The summed E-state index contributed by atoms with van der Waals surface area (Å²) in [5.41, 5.74) is 1.47. The third kappa shape index (κ3) is 1.41. The molecule has 0 radical (unpaired) electrons. The van der Waals surface area contributed by atoms with E-state index in [-0.39, 0.29) is 17.3 Å². The van der Waals surface area contributed by atoms with Crippen LogP contribution in [0.25, 0.3) is 0 Å². The van der Waals surface area contributed by atoms with Crippen molar-refractivity contribution in [2.24, 2.45) is 11.8 Å². The van der Waals surface area contributed by atoms with Crippen molar-refractivity contribution < 1.29 is 9.84 Å². The Kier molecular flexibility index (Phi) is 2.48. The van der Waals surface area contributed by atoms with Crippen molar-refractivity contribution in [2.75, 3.05) is 0 Å². The molecule has 0 amide bonds. The Morgan fingerprint density at radius 1 is 0.952 bits per heavy atom. The van der Waals surface area contributed by atoms with E-state index in [4.69, 9.17) is 4.74 Å². The Morgan fingerprint density at radius 3 is 2.52 bits per heavy atom. The van der Waals surface area contributed by atoms with E-state index < -0.39 is 0 Å². The summed E-state index contributed by atoms with van der Waals surface area (Å²) in [7, 11) is 0. The SMILES string of the molecule is O[C@@H]1[C@H]2CCC[C@@H]1[C@@]13CCCC[C@@]1(O3)[C@@H]2c1ccccc1. The van der Waals surface area contributed by atoms with Gasteiger partial charge in [0.2, 0.25) is 0 Å². The number of hydrogen-bond donors (Lipinski definition) is 1. The van der Waals surface area contributed by atoms with Gasteiger partial charge in [-0.05, 0) is 37.2 Å². The van der Waals surface area contributed by atoms with Crippen LogP contribution >= 0.6 is 0 Å². The number of rotatable bonds is 1. The number of aliphatic hydroxyl groups excluding tert-OH is 1. The van der Waals surface area contributed by atoms with Crippen molar-refractivity contribution in [2.45, 2.75) is 68.2 Å². The van der Waals surface area contributed by atoms with Gasteiger partial charge in [0, 0.05) is 11.8 Å². The summed E-state index contributed by atoms with van der Waals surface area (Å²) in [6.45, 7) is 0. The average molecular weight is 284 g/mol. The molecule has 3 aliphatic carbocycles. The maximum atomic E-state index is 11.0. The van der Waals surface area contributed by atoms with Gasteiger partial charge in [0.05, 0.1) is 6.10 Å². The molecule has 1 saturated heterocycles. The number of epoxide rings is 1. The van der Waals surface area contributed by atoms with E-state index in [0.29, 0.717) is 17.8 Å². The van der Waals surface area contributed by atoms with Gasteiger partial charge in [-0.3, -0.25) is 0 Å². The van der Waals surface area contributed by atoms with Crippen LogP contribution in [0.15, 0.2) is 30.3 Å². The molecule has 1 heterocycles. The largest absolute Gasteiger partial charge is 0.392 e. The Bertz CT molecular complexity index is 556. The Hall–Kier alpha value is -0.860. The van der Waals surface area contributed by atoms with Gasteiger partial charge in [0.15, 0.2) is 0 Å². The van der Waals surface area contributed by atoms with Crippen molar-refractivity contribution in [3.63, 3.8) is 0 Å². The lowest BCUT2D eigenvalue weighted by Crippen LogP contribution is -2.57. The molecular formula is C19H24O2. The van der Waals surface area contributed by atoms with Gasteiger partial charge in [-0.1, -0.05) is 49.6 Å². The first-order valence-corrected chi connectivity index (χ1v) is 8.72. The van der Waals surface area contributed by atoms with Crippen LogP contribution in [0.1, 0.15) is 56.4 Å². The fourth-order valence-corrected chi connectivity index (χ4v) is 6.27. The summed E-state index contributed by atoms with van der Waals surface area (Å²) in [6, 6.07) is 10.9. The van der Waals surface area contributed by atoms with E-state index in [1.807, 2.05) is 0 Å². The first-order valence-electron chi connectivity index (χ1n) is 8.72. The minimum Gasteiger partial charge on any atom is -0.392 e. The van der Waals surface area contributed by atoms with Crippen LogP contribution in [0.3, 0.4) is 0 Å². The molecule has 1 aromatic carbocycles. The average Bonchev–Trinajstić information content (AvgIpc) is 3.20. The molecule has 0 aromatic heterocycles. The summed E-state index contributed by atoms with van der Waals surface area (Å²) >= 11 is 0. The van der Waals surface area contributed by atoms with Crippen LogP contribution in [0.4, 0.5) is 0 Å². The smallest absolute Gasteiger partial charge is 0.106 e. The van der Waals surface area contributed by atoms with E-state index >= 15 is 0 Å². The standard InChI is InChI=1S/C19H24O2/c20-17-14-9-6-10-15(17)18-11-4-5-12-19(18,21-18)16(14)13-7-2-1-3-8-13/h1-3,7-8,14-17,20H,4-6,9-12H2/t14-,15-,16+,17+,18-,19+/m0/s1. The minimum atomic E-state index is -0.155. The number of ether oxygens (including phenoxy) is 1. The van der Waals surface area contributed by atoms with Gasteiger partial charge in [-0.15, -0.1) is 0 Å². The number of hydrogen-bond acceptors (Lipinski definition) is 2. The lowest BCUT2D eigenvalue weighted by molar-refractivity contribution is -0.0557. The van der Waals surface area contributed by atoms with E-state index in [1.165, 1.54) is 50.5 Å². The Labute approximate surface area is 126 Å². The summed E-state index contributed by atoms with van der Waals surface area (Å²) in [6.07, 6.45) is 8.38. The molecule has 1 aliphatic heterocycles. The zero-order chi connectivity index (χ0) is 14.1. The molecule has 2 heteroatoms. The molecule has 5 rings (SSSR count). The summed E-state index contributed by atoms with van der Waals surface area (Å²) in [5.74, 6) is 1.21. The molecule has 3 saturated carbocycles. The molecule has 6 atom stereocenters. The van der Waals surface area contributed by atoms with Gasteiger partial charge in [0.25, 0.3) is 0 Å². The maximum Gasteiger partial charge on any atom is 0.106 e. The lowest BCUT2D eigenvalue weighted by Gasteiger charge is -2.51. The van der Waals surface area contributed by atoms with Gasteiger partial charge in [0.1, 0.15) is 11.2 Å². The molecule has 2 nitrogen and oxygen atoms in total. The topological polar surface area (TPSA) is 32.8 Å². The third-order valence-corrected chi connectivity index (χ3v) is 6.98. The number of aliphatic hydroxyl groups is 1. The molecule has 21 heavy (non-hydrogen) atoms. The van der Waals surface area contributed by atoms with Gasteiger partial charge < -0.3 is 9.84 Å². The van der Waals surface area contributed by atoms with Crippen LogP contribution in [0.2, 0.25) is 0 Å². The second kappa shape index (κ2) is 4.11. The van der Waals surface area contributed by atoms with Crippen molar-refractivity contribution in [1.82, 2.24) is 0 Å². The van der Waals surface area contributed by atoms with E-state index in [2.05, 4.69) is 30.3 Å². The van der Waals surface area contributed by atoms with Crippen LogP contribution < -0.4 is 0 Å². The highest BCUT2D eigenvalue weighted by Crippen LogP contribution is 2.74. The zero-order valence-corrected chi connectivity index (χ0v) is 12.5. The monoisotopic (exact) mass is 284 g/mol. The van der Waals surface area contributed by atoms with Crippen LogP contribution in [0, 0.1) is 11.8 Å². The molecule has 4 fully saturated rings. The van der Waals surface area contributed by atoms with Crippen LogP contribution in [-0.2, 0) is 4.74 Å². The predicted molar refractivity (Wildman–Crippen MR) is 81.0 cm³/mol. The molecule has 0 spiro atoms. The normalized spacial score (nSPS) is 50.9. The molecule has 1 aromatic rings. The van der Waals surface area contributed by atoms with Gasteiger partial charge in [-0.25, -0.2) is 0 Å². The predicted octanol–water partition coefficient (Wildman–Crippen LogP) is 3.64. The maximum absolute atomic E-state index is 11.0. The third-order valence-electron chi connectivity index (χ3n) is 6.98. The second-order valence-electron chi connectivity index (χ2n) is 7.67. The highest BCUT2D eigenvalue weighted by Gasteiger charge is 2.81. The fraction of sp³-hybridized carbons (Fsp3) is 0.684. The molecular weight excluding hydrogens is 260 g/mol. The Balaban J connectivity index is 1.66. The highest BCUT2D eigenvalue weighted by atomic mass is 16.6. The van der Waals surface area contributed by atoms with Crippen molar-refractivity contribution in [3.05, 3.63) is 35.9 Å². The fourth-order valence-electron chi connectivity index (χ4n) is 6.27. The molecule has 4 aliphatic rings. The zero-order valence-electron chi connectivity index (χ0n) is 12.5.